The zero-order valence-electron chi connectivity index (χ0n) is 8.88. The highest BCUT2D eigenvalue weighted by Crippen LogP contribution is 2.31. The lowest BCUT2D eigenvalue weighted by Crippen LogP contribution is -2.23. The van der Waals surface area contributed by atoms with E-state index in [1.165, 1.54) is 0 Å². The zero-order valence-corrected chi connectivity index (χ0v) is 9.69. The Morgan fingerprint density at radius 1 is 1.28 bits per heavy atom. The van der Waals surface area contributed by atoms with E-state index < -0.39 is 37.7 Å². The van der Waals surface area contributed by atoms with Gasteiger partial charge in [0.15, 0.2) is 0 Å². The number of amides is 1. The fraction of sp³-hybridized carbons (Fsp3) is 0.222. The molecule has 0 saturated carbocycles. The smallest absolute Gasteiger partial charge is 0.324 e. The van der Waals surface area contributed by atoms with Crippen LogP contribution in [0.2, 0.25) is 0 Å². The fourth-order valence-electron chi connectivity index (χ4n) is 1.09. The summed E-state index contributed by atoms with van der Waals surface area (Å²) in [5, 5.41) is 2.00. The third-order valence-electron chi connectivity index (χ3n) is 1.87. The van der Waals surface area contributed by atoms with E-state index in [1.54, 1.807) is 0 Å². The number of alkyl halides is 3. The summed E-state index contributed by atoms with van der Waals surface area (Å²) in [6, 6.07) is 1.51. The maximum absolute atomic E-state index is 13.3. The number of hydrogen-bond donors (Lipinski definition) is 1. The second-order valence-corrected chi connectivity index (χ2v) is 5.21. The maximum atomic E-state index is 13.3. The first kappa shape index (κ1) is 14.4. The number of benzene rings is 1. The van der Waals surface area contributed by atoms with Gasteiger partial charge in [0, 0.05) is 6.92 Å². The minimum atomic E-state index is -5.60. The number of rotatable bonds is 2. The van der Waals surface area contributed by atoms with Crippen LogP contribution < -0.4 is 5.32 Å². The van der Waals surface area contributed by atoms with Crippen LogP contribution in [0.4, 0.5) is 23.2 Å². The van der Waals surface area contributed by atoms with Crippen molar-refractivity contribution in [3.8, 4) is 0 Å². The van der Waals surface area contributed by atoms with E-state index in [1.807, 2.05) is 5.32 Å². The normalized spacial score (nSPS) is 12.3. The van der Waals surface area contributed by atoms with Crippen LogP contribution in [0.25, 0.3) is 0 Å². The van der Waals surface area contributed by atoms with Gasteiger partial charge in [-0.05, 0) is 18.2 Å². The van der Waals surface area contributed by atoms with Crippen LogP contribution in [0.15, 0.2) is 23.1 Å². The quantitative estimate of drug-likeness (QED) is 0.846. The predicted octanol–water partition coefficient (Wildman–Crippen LogP) is 2.08. The van der Waals surface area contributed by atoms with E-state index in [-0.39, 0.29) is 6.07 Å². The summed E-state index contributed by atoms with van der Waals surface area (Å²) in [6.07, 6.45) is 0. The van der Waals surface area contributed by atoms with Crippen molar-refractivity contribution in [2.75, 3.05) is 5.32 Å². The van der Waals surface area contributed by atoms with Gasteiger partial charge in [0.2, 0.25) is 5.91 Å². The number of carbonyl (C=O) groups is 1. The van der Waals surface area contributed by atoms with Gasteiger partial charge in [0.1, 0.15) is 5.82 Å². The first-order valence-corrected chi connectivity index (χ1v) is 5.92. The molecule has 1 aromatic rings. The van der Waals surface area contributed by atoms with Crippen molar-refractivity contribution in [2.24, 2.45) is 0 Å². The Morgan fingerprint density at radius 2 is 1.83 bits per heavy atom. The fourth-order valence-corrected chi connectivity index (χ4v) is 1.86. The van der Waals surface area contributed by atoms with Crippen molar-refractivity contribution >= 4 is 21.4 Å². The Morgan fingerprint density at radius 3 is 2.22 bits per heavy atom. The molecule has 0 atom stereocenters. The van der Waals surface area contributed by atoms with E-state index in [0.29, 0.717) is 6.07 Å². The Kier molecular flexibility index (Phi) is 3.65. The molecule has 18 heavy (non-hydrogen) atoms. The zero-order chi connectivity index (χ0) is 14.1. The number of halogens is 4. The molecule has 0 bridgehead atoms. The summed E-state index contributed by atoms with van der Waals surface area (Å²) < 4.78 is 71.7. The van der Waals surface area contributed by atoms with E-state index in [2.05, 4.69) is 0 Å². The van der Waals surface area contributed by atoms with Gasteiger partial charge in [0.05, 0.1) is 10.6 Å². The average Bonchev–Trinajstić information content (AvgIpc) is 2.18. The van der Waals surface area contributed by atoms with Gasteiger partial charge >= 0.3 is 5.51 Å². The Labute approximate surface area is 99.5 Å². The SMILES string of the molecule is CC(=O)Nc1ccc(S(=O)(=O)C(F)(F)F)cc1F. The molecule has 0 aliphatic rings. The molecule has 1 N–H and O–H groups in total. The van der Waals surface area contributed by atoms with Gasteiger partial charge in [0.25, 0.3) is 9.84 Å². The summed E-state index contributed by atoms with van der Waals surface area (Å²) in [4.78, 5) is 9.41. The molecule has 0 radical (unpaired) electrons. The Balaban J connectivity index is 3.25. The van der Waals surface area contributed by atoms with Crippen molar-refractivity contribution in [2.45, 2.75) is 17.3 Å². The maximum Gasteiger partial charge on any atom is 0.501 e. The second-order valence-electron chi connectivity index (χ2n) is 3.27. The minimum absolute atomic E-state index is 0.202. The van der Waals surface area contributed by atoms with Crippen LogP contribution in [-0.4, -0.2) is 19.8 Å². The second kappa shape index (κ2) is 4.56. The molecule has 0 saturated heterocycles. The van der Waals surface area contributed by atoms with Crippen LogP contribution in [0.3, 0.4) is 0 Å². The predicted molar refractivity (Wildman–Crippen MR) is 53.9 cm³/mol. The highest BCUT2D eigenvalue weighted by Gasteiger charge is 2.47. The van der Waals surface area contributed by atoms with Crippen molar-refractivity contribution in [3.63, 3.8) is 0 Å². The molecule has 100 valence electrons. The van der Waals surface area contributed by atoms with Gasteiger partial charge in [-0.2, -0.15) is 13.2 Å². The lowest BCUT2D eigenvalue weighted by atomic mass is 10.3. The van der Waals surface area contributed by atoms with Gasteiger partial charge < -0.3 is 5.32 Å². The summed E-state index contributed by atoms with van der Waals surface area (Å²) >= 11 is 0. The van der Waals surface area contributed by atoms with Crippen molar-refractivity contribution in [1.82, 2.24) is 0 Å². The minimum Gasteiger partial charge on any atom is -0.324 e. The molecule has 1 rings (SSSR count). The van der Waals surface area contributed by atoms with Gasteiger partial charge in [-0.3, -0.25) is 4.79 Å². The molecule has 4 nitrogen and oxygen atoms in total. The highest BCUT2D eigenvalue weighted by molar-refractivity contribution is 7.92. The molecule has 0 spiro atoms. The standard InChI is InChI=1S/C9H7F4NO3S/c1-5(15)14-8-3-2-6(4-7(8)10)18(16,17)9(11,12)13/h2-4H,1H3,(H,14,15). The van der Waals surface area contributed by atoms with E-state index in [9.17, 15) is 30.8 Å². The van der Waals surface area contributed by atoms with Crippen molar-refractivity contribution < 1.29 is 30.8 Å². The van der Waals surface area contributed by atoms with Crippen LogP contribution in [0.1, 0.15) is 6.92 Å². The lowest BCUT2D eigenvalue weighted by molar-refractivity contribution is -0.114. The van der Waals surface area contributed by atoms with Crippen molar-refractivity contribution in [1.29, 1.82) is 0 Å². The Bertz CT molecular complexity index is 580. The summed E-state index contributed by atoms with van der Waals surface area (Å²) in [6.45, 7) is 1.07. The van der Waals surface area contributed by atoms with Crippen LogP contribution in [0.5, 0.6) is 0 Å². The summed E-state index contributed by atoms with van der Waals surface area (Å²) in [5.74, 6) is -1.91. The molecular weight excluding hydrogens is 278 g/mol. The first-order valence-electron chi connectivity index (χ1n) is 4.44. The topological polar surface area (TPSA) is 63.2 Å². The van der Waals surface area contributed by atoms with Gasteiger partial charge in [-0.1, -0.05) is 0 Å². The monoisotopic (exact) mass is 285 g/mol. The molecule has 0 aliphatic carbocycles. The van der Waals surface area contributed by atoms with Gasteiger partial charge in [-0.25, -0.2) is 12.8 Å². The van der Waals surface area contributed by atoms with E-state index in [0.717, 1.165) is 13.0 Å². The summed E-state index contributed by atoms with van der Waals surface area (Å²) in [7, 11) is -5.60. The molecule has 0 heterocycles. The number of nitrogens with one attached hydrogen (secondary N) is 1. The Hall–Kier alpha value is -1.64. The summed E-state index contributed by atoms with van der Waals surface area (Å²) in [5.41, 5.74) is -5.90. The van der Waals surface area contributed by atoms with Crippen molar-refractivity contribution in [3.05, 3.63) is 24.0 Å². The molecule has 0 aliphatic heterocycles. The number of carbonyl (C=O) groups excluding carboxylic acids is 1. The molecular formula is C9H7F4NO3S. The number of anilines is 1. The van der Waals surface area contributed by atoms with Crippen LogP contribution in [0, 0.1) is 5.82 Å². The first-order chi connectivity index (χ1) is 8.05. The lowest BCUT2D eigenvalue weighted by Gasteiger charge is -2.09. The molecule has 0 unspecified atom stereocenters. The highest BCUT2D eigenvalue weighted by atomic mass is 32.2. The number of hydrogen-bond acceptors (Lipinski definition) is 3. The van der Waals surface area contributed by atoms with Gasteiger partial charge in [-0.15, -0.1) is 0 Å². The van der Waals surface area contributed by atoms with E-state index >= 15 is 0 Å². The third-order valence-corrected chi connectivity index (χ3v) is 3.35. The number of sulfone groups is 1. The largest absolute Gasteiger partial charge is 0.501 e. The van der Waals surface area contributed by atoms with E-state index in [4.69, 9.17) is 0 Å². The molecule has 9 heteroatoms. The molecule has 1 amide bonds. The molecule has 1 aromatic carbocycles. The third kappa shape index (κ3) is 2.78. The molecule has 0 fully saturated rings. The average molecular weight is 285 g/mol. The molecule has 0 aromatic heterocycles. The van der Waals surface area contributed by atoms with Crippen LogP contribution in [-0.2, 0) is 14.6 Å². The van der Waals surface area contributed by atoms with Crippen LogP contribution >= 0.6 is 0 Å².